The molecule has 0 N–H and O–H groups in total. The smallest absolute Gasteiger partial charge is 0.409 e. The zero-order valence-corrected chi connectivity index (χ0v) is 14.6. The molecule has 0 unspecified atom stereocenters. The van der Waals surface area contributed by atoms with Crippen LogP contribution in [0.25, 0.3) is 0 Å². The van der Waals surface area contributed by atoms with Crippen molar-refractivity contribution < 1.29 is 19.1 Å². The van der Waals surface area contributed by atoms with Crippen LogP contribution in [0.5, 0.6) is 5.75 Å². The fourth-order valence-electron chi connectivity index (χ4n) is 2.52. The van der Waals surface area contributed by atoms with Crippen LogP contribution in [0.2, 0.25) is 0 Å². The highest BCUT2D eigenvalue weighted by Crippen LogP contribution is 2.18. The molecule has 1 aliphatic rings. The minimum absolute atomic E-state index is 0.00765. The topological polar surface area (TPSA) is 59.1 Å². The Bertz CT molecular complexity index is 559. The zero-order valence-electron chi connectivity index (χ0n) is 13.9. The number of rotatable bonds is 6. The molecule has 0 aromatic heterocycles. The maximum absolute atomic E-state index is 12.3. The first-order chi connectivity index (χ1) is 11.7. The van der Waals surface area contributed by atoms with Gasteiger partial charge in [0.05, 0.1) is 5.88 Å². The van der Waals surface area contributed by atoms with E-state index in [0.29, 0.717) is 26.2 Å². The summed E-state index contributed by atoms with van der Waals surface area (Å²) in [6.45, 7) is 4.13. The molecule has 0 aliphatic carbocycles. The lowest BCUT2D eigenvalue weighted by Gasteiger charge is -2.34. The summed E-state index contributed by atoms with van der Waals surface area (Å²) in [5.41, 5.74) is 1.08. The van der Waals surface area contributed by atoms with Crippen molar-refractivity contribution >= 4 is 23.6 Å². The van der Waals surface area contributed by atoms with Crippen LogP contribution in [0.3, 0.4) is 0 Å². The molecule has 1 aliphatic heterocycles. The van der Waals surface area contributed by atoms with Crippen LogP contribution in [-0.2, 0) is 16.0 Å². The number of carbonyl (C=O) groups excluding carboxylic acids is 2. The van der Waals surface area contributed by atoms with Gasteiger partial charge in [0.25, 0.3) is 5.91 Å². The first-order valence-corrected chi connectivity index (χ1v) is 8.65. The Hall–Kier alpha value is -1.95. The number of nitrogens with zero attached hydrogens (tertiary/aromatic N) is 2. The monoisotopic (exact) mass is 354 g/mol. The molecular weight excluding hydrogens is 332 g/mol. The second-order valence-electron chi connectivity index (χ2n) is 5.42. The first kappa shape index (κ1) is 18.4. The molecule has 1 saturated heterocycles. The molecule has 132 valence electrons. The normalized spacial score (nSPS) is 14.4. The van der Waals surface area contributed by atoms with Gasteiger partial charge in [0, 0.05) is 26.2 Å². The molecule has 1 heterocycles. The van der Waals surface area contributed by atoms with Crippen molar-refractivity contribution in [1.29, 1.82) is 0 Å². The van der Waals surface area contributed by atoms with Gasteiger partial charge in [0.2, 0.25) is 0 Å². The number of ether oxygens (including phenoxy) is 2. The lowest BCUT2D eigenvalue weighted by atomic mass is 10.1. The van der Waals surface area contributed by atoms with Gasteiger partial charge in [-0.05, 0) is 18.1 Å². The van der Waals surface area contributed by atoms with Crippen LogP contribution in [-0.4, -0.2) is 67.1 Å². The number of benzene rings is 1. The van der Waals surface area contributed by atoms with E-state index in [-0.39, 0.29) is 31.1 Å². The summed E-state index contributed by atoms with van der Waals surface area (Å²) < 4.78 is 10.6. The third-order valence-corrected chi connectivity index (χ3v) is 4.05. The van der Waals surface area contributed by atoms with Gasteiger partial charge in [-0.15, -0.1) is 11.6 Å². The van der Waals surface area contributed by atoms with E-state index in [0.717, 1.165) is 17.7 Å². The average molecular weight is 355 g/mol. The summed E-state index contributed by atoms with van der Waals surface area (Å²) in [5.74, 6) is 0.951. The first-order valence-electron chi connectivity index (χ1n) is 8.11. The zero-order chi connectivity index (χ0) is 17.4. The number of halogens is 1. The summed E-state index contributed by atoms with van der Waals surface area (Å²) in [7, 11) is 0. The number of hydrogen-bond donors (Lipinski definition) is 0. The third kappa shape index (κ3) is 5.03. The molecule has 1 fully saturated rings. The number of para-hydroxylation sites is 1. The number of alkyl halides is 1. The Kier molecular flexibility index (Phi) is 7.18. The molecule has 24 heavy (non-hydrogen) atoms. The quantitative estimate of drug-likeness (QED) is 0.734. The highest BCUT2D eigenvalue weighted by Gasteiger charge is 2.25. The van der Waals surface area contributed by atoms with Gasteiger partial charge < -0.3 is 19.3 Å². The molecule has 0 bridgehead atoms. The minimum atomic E-state index is -0.379. The Morgan fingerprint density at radius 3 is 2.46 bits per heavy atom. The van der Waals surface area contributed by atoms with Crippen LogP contribution in [0.15, 0.2) is 24.3 Å². The summed E-state index contributed by atoms with van der Waals surface area (Å²) in [4.78, 5) is 27.3. The summed E-state index contributed by atoms with van der Waals surface area (Å²) in [6, 6.07) is 7.71. The second-order valence-corrected chi connectivity index (χ2v) is 5.80. The predicted molar refractivity (Wildman–Crippen MR) is 91.5 cm³/mol. The molecule has 0 atom stereocenters. The Labute approximate surface area is 147 Å². The Morgan fingerprint density at radius 1 is 1.12 bits per heavy atom. The second kappa shape index (κ2) is 9.37. The largest absolute Gasteiger partial charge is 0.483 e. The lowest BCUT2D eigenvalue weighted by molar-refractivity contribution is -0.134. The molecule has 1 aromatic carbocycles. The van der Waals surface area contributed by atoms with Crippen LogP contribution < -0.4 is 4.74 Å². The Morgan fingerprint density at radius 2 is 1.79 bits per heavy atom. The number of amides is 2. The molecule has 7 heteroatoms. The molecule has 6 nitrogen and oxygen atoms in total. The summed E-state index contributed by atoms with van der Waals surface area (Å²) in [5, 5.41) is 0. The molecular formula is C17H23ClN2O4. The van der Waals surface area contributed by atoms with E-state index in [4.69, 9.17) is 21.1 Å². The van der Waals surface area contributed by atoms with Crippen molar-refractivity contribution in [3.05, 3.63) is 29.8 Å². The van der Waals surface area contributed by atoms with Gasteiger partial charge in [-0.25, -0.2) is 4.79 Å². The van der Waals surface area contributed by atoms with Crippen LogP contribution >= 0.6 is 11.6 Å². The van der Waals surface area contributed by atoms with Crippen molar-refractivity contribution in [3.8, 4) is 5.75 Å². The van der Waals surface area contributed by atoms with Crippen LogP contribution in [0.4, 0.5) is 4.79 Å². The third-order valence-electron chi connectivity index (χ3n) is 3.90. The predicted octanol–water partition coefficient (Wildman–Crippen LogP) is 2.15. The van der Waals surface area contributed by atoms with E-state index in [1.54, 1.807) is 9.80 Å². The van der Waals surface area contributed by atoms with E-state index in [9.17, 15) is 9.59 Å². The minimum Gasteiger partial charge on any atom is -0.483 e. The molecule has 1 aromatic rings. The van der Waals surface area contributed by atoms with Crippen molar-refractivity contribution in [1.82, 2.24) is 9.80 Å². The van der Waals surface area contributed by atoms with Crippen molar-refractivity contribution in [2.45, 2.75) is 13.3 Å². The van der Waals surface area contributed by atoms with Crippen molar-refractivity contribution in [2.75, 3.05) is 45.3 Å². The molecule has 2 amide bonds. The standard InChI is InChI=1S/C17H23ClN2O4/c1-2-14-5-3-4-6-15(14)24-13-16(21)19-8-10-20(11-9-19)17(22)23-12-7-18/h3-6H,2,7-13H2,1H3. The maximum atomic E-state index is 12.3. The highest BCUT2D eigenvalue weighted by molar-refractivity contribution is 6.18. The van der Waals surface area contributed by atoms with Crippen LogP contribution in [0, 0.1) is 0 Å². The maximum Gasteiger partial charge on any atom is 0.409 e. The van der Waals surface area contributed by atoms with Gasteiger partial charge in [-0.3, -0.25) is 4.79 Å². The van der Waals surface area contributed by atoms with Gasteiger partial charge >= 0.3 is 6.09 Å². The fraction of sp³-hybridized carbons (Fsp3) is 0.529. The number of carbonyl (C=O) groups is 2. The molecule has 0 spiro atoms. The number of aryl methyl sites for hydroxylation is 1. The van der Waals surface area contributed by atoms with Crippen molar-refractivity contribution in [3.63, 3.8) is 0 Å². The van der Waals surface area contributed by atoms with Gasteiger partial charge in [-0.2, -0.15) is 0 Å². The average Bonchev–Trinajstić information content (AvgIpc) is 2.64. The molecule has 0 radical (unpaired) electrons. The van der Waals surface area contributed by atoms with Crippen LogP contribution in [0.1, 0.15) is 12.5 Å². The van der Waals surface area contributed by atoms with E-state index in [1.165, 1.54) is 0 Å². The van der Waals surface area contributed by atoms with E-state index in [2.05, 4.69) is 0 Å². The molecule has 2 rings (SSSR count). The van der Waals surface area contributed by atoms with Gasteiger partial charge in [0.1, 0.15) is 12.4 Å². The summed E-state index contributed by atoms with van der Waals surface area (Å²) >= 11 is 5.49. The highest BCUT2D eigenvalue weighted by atomic mass is 35.5. The van der Waals surface area contributed by atoms with Crippen molar-refractivity contribution in [2.24, 2.45) is 0 Å². The lowest BCUT2D eigenvalue weighted by Crippen LogP contribution is -2.51. The SMILES string of the molecule is CCc1ccccc1OCC(=O)N1CCN(C(=O)OCCCl)CC1. The number of hydrogen-bond acceptors (Lipinski definition) is 4. The van der Waals surface area contributed by atoms with Gasteiger partial charge in [-0.1, -0.05) is 25.1 Å². The van der Waals surface area contributed by atoms with E-state index >= 15 is 0 Å². The fourth-order valence-corrected chi connectivity index (χ4v) is 2.60. The Balaban J connectivity index is 1.77. The number of piperazine rings is 1. The summed E-state index contributed by atoms with van der Waals surface area (Å²) in [6.07, 6.45) is 0.476. The van der Waals surface area contributed by atoms with E-state index < -0.39 is 0 Å². The van der Waals surface area contributed by atoms with E-state index in [1.807, 2.05) is 31.2 Å². The van der Waals surface area contributed by atoms with Gasteiger partial charge in [0.15, 0.2) is 6.61 Å². The molecule has 0 saturated carbocycles.